The van der Waals surface area contributed by atoms with Crippen LogP contribution < -0.4 is 51.4 Å². The molecule has 1 unspecified atom stereocenters. The fourth-order valence-corrected chi connectivity index (χ4v) is 0.826. The average Bonchev–Trinajstić information content (AvgIpc) is 2.12. The van der Waals surface area contributed by atoms with Gasteiger partial charge in [0, 0.05) is 0 Å². The van der Waals surface area contributed by atoms with Crippen LogP contribution in [0.2, 0.25) is 0 Å². The molecular formula is C5HF10KO4S. The van der Waals surface area contributed by atoms with Crippen LogP contribution in [-0.2, 0) is 14.9 Å². The van der Waals surface area contributed by atoms with E-state index in [0.717, 1.165) is 0 Å². The number of halogens is 10. The zero-order valence-electron chi connectivity index (χ0n) is 9.40. The van der Waals surface area contributed by atoms with Crippen molar-refractivity contribution in [3.8, 4) is 0 Å². The molecule has 0 aliphatic rings. The van der Waals surface area contributed by atoms with Crippen LogP contribution in [0.1, 0.15) is 0 Å². The van der Waals surface area contributed by atoms with Crippen molar-refractivity contribution in [3.05, 3.63) is 0 Å². The summed E-state index contributed by atoms with van der Waals surface area (Å²) < 4.78 is 151. The summed E-state index contributed by atoms with van der Waals surface area (Å²) in [5.74, 6) is -7.12. The second-order valence-corrected chi connectivity index (χ2v) is 4.49. The van der Waals surface area contributed by atoms with Gasteiger partial charge >= 0.3 is 74.8 Å². The van der Waals surface area contributed by atoms with Crippen molar-refractivity contribution in [2.75, 3.05) is 0 Å². The third-order valence-corrected chi connectivity index (χ3v) is 2.42. The Labute approximate surface area is 152 Å². The summed E-state index contributed by atoms with van der Waals surface area (Å²) in [6.45, 7) is 0. The van der Waals surface area contributed by atoms with Crippen molar-refractivity contribution in [2.45, 2.75) is 29.8 Å². The zero-order valence-corrected chi connectivity index (χ0v) is 13.3. The minimum Gasteiger partial charge on any atom is -0.743 e. The normalized spacial score (nSPS) is 16.3. The standard InChI is InChI=1S/C5H2F10O4S.K/c6-1(2(7,8)20(16,17)18)19-5(14,15)3(9,10)4(11,12)13;/h1H,(H,16,17,18);/q;+1/p-1. The van der Waals surface area contributed by atoms with E-state index in [0.29, 0.717) is 0 Å². The van der Waals surface area contributed by atoms with E-state index >= 15 is 0 Å². The van der Waals surface area contributed by atoms with Gasteiger partial charge in [-0.15, -0.1) is 0 Å². The van der Waals surface area contributed by atoms with E-state index in [4.69, 9.17) is 0 Å². The second-order valence-electron chi connectivity index (χ2n) is 3.04. The number of alkyl halides is 10. The van der Waals surface area contributed by atoms with Gasteiger partial charge in [0.25, 0.3) is 6.36 Å². The number of hydrogen-bond acceptors (Lipinski definition) is 4. The first-order chi connectivity index (χ1) is 8.38. The maximum Gasteiger partial charge on any atom is 1.00 e. The molecule has 0 aliphatic heterocycles. The summed E-state index contributed by atoms with van der Waals surface area (Å²) in [6.07, 6.45) is -19.2. The number of rotatable bonds is 5. The second kappa shape index (κ2) is 6.74. The quantitative estimate of drug-likeness (QED) is 0.354. The molecule has 16 heteroatoms. The third-order valence-electron chi connectivity index (χ3n) is 1.57. The molecule has 1 atom stereocenters. The SMILES string of the molecule is O=S(=O)([O-])C(F)(F)C(F)OC(F)(F)C(F)(F)C(F)(F)F.[K+]. The van der Waals surface area contributed by atoms with Crippen LogP contribution in [0.3, 0.4) is 0 Å². The van der Waals surface area contributed by atoms with Gasteiger partial charge in [0.05, 0.1) is 0 Å². The summed E-state index contributed by atoms with van der Waals surface area (Å²) in [4.78, 5) is 0. The third kappa shape index (κ3) is 4.89. The molecule has 0 fully saturated rings. The molecule has 0 N–H and O–H groups in total. The zero-order chi connectivity index (χ0) is 16.8. The van der Waals surface area contributed by atoms with Crippen LogP contribution in [0.4, 0.5) is 43.9 Å². The molecule has 0 radical (unpaired) electrons. The molecular weight excluding hydrogens is 385 g/mol. The monoisotopic (exact) mass is 386 g/mol. The first-order valence-corrected chi connectivity index (χ1v) is 5.26. The molecule has 0 spiro atoms. The molecule has 21 heavy (non-hydrogen) atoms. The van der Waals surface area contributed by atoms with Gasteiger partial charge in [0.15, 0.2) is 10.1 Å². The fraction of sp³-hybridized carbons (Fsp3) is 1.00. The van der Waals surface area contributed by atoms with Crippen molar-refractivity contribution in [2.24, 2.45) is 0 Å². The van der Waals surface area contributed by atoms with Crippen LogP contribution in [0.5, 0.6) is 0 Å². The van der Waals surface area contributed by atoms with E-state index in [-0.39, 0.29) is 51.4 Å². The molecule has 0 aliphatic carbocycles. The van der Waals surface area contributed by atoms with Gasteiger partial charge in [0.2, 0.25) is 0 Å². The van der Waals surface area contributed by atoms with Crippen molar-refractivity contribution in [3.63, 3.8) is 0 Å². The minimum absolute atomic E-state index is 0. The van der Waals surface area contributed by atoms with Gasteiger partial charge in [-0.05, 0) is 0 Å². The van der Waals surface area contributed by atoms with Gasteiger partial charge in [-0.25, -0.2) is 12.8 Å². The Morgan fingerprint density at radius 1 is 0.905 bits per heavy atom. The average molecular weight is 386 g/mol. The molecule has 122 valence electrons. The van der Waals surface area contributed by atoms with Crippen molar-refractivity contribution in [1.82, 2.24) is 0 Å². The Balaban J connectivity index is 0. The van der Waals surface area contributed by atoms with E-state index in [1.165, 1.54) is 0 Å². The van der Waals surface area contributed by atoms with Crippen molar-refractivity contribution >= 4 is 10.1 Å². The number of hydrogen-bond donors (Lipinski definition) is 0. The van der Waals surface area contributed by atoms with Gasteiger partial charge < -0.3 is 4.55 Å². The summed E-state index contributed by atoms with van der Waals surface area (Å²) >= 11 is 0. The van der Waals surface area contributed by atoms with Crippen molar-refractivity contribution in [1.29, 1.82) is 0 Å². The molecule has 0 rings (SSSR count). The van der Waals surface area contributed by atoms with E-state index in [1.54, 1.807) is 0 Å². The Morgan fingerprint density at radius 2 is 1.24 bits per heavy atom. The Bertz CT molecular complexity index is 459. The number of ether oxygens (including phenoxy) is 1. The van der Waals surface area contributed by atoms with Crippen LogP contribution >= 0.6 is 0 Å². The van der Waals surface area contributed by atoms with E-state index in [2.05, 4.69) is 0 Å². The maximum atomic E-state index is 12.4. The Hall–Kier alpha value is 0.806. The summed E-state index contributed by atoms with van der Waals surface area (Å²) in [6, 6.07) is 0. The molecule has 0 saturated heterocycles. The van der Waals surface area contributed by atoms with Gasteiger partial charge in [-0.1, -0.05) is 0 Å². The molecule has 0 aromatic carbocycles. The van der Waals surface area contributed by atoms with E-state index in [9.17, 15) is 56.9 Å². The Kier molecular flexibility index (Phi) is 7.72. The van der Waals surface area contributed by atoms with Gasteiger partial charge in [-0.3, -0.25) is 4.74 Å². The maximum absolute atomic E-state index is 12.4. The summed E-state index contributed by atoms with van der Waals surface area (Å²) in [5.41, 5.74) is 0. The molecule has 0 aromatic rings. The van der Waals surface area contributed by atoms with Gasteiger partial charge in [-0.2, -0.15) is 39.5 Å². The predicted molar refractivity (Wildman–Crippen MR) is 36.6 cm³/mol. The molecule has 0 heterocycles. The predicted octanol–water partition coefficient (Wildman–Crippen LogP) is -0.769. The first kappa shape index (κ1) is 24.1. The van der Waals surface area contributed by atoms with Crippen LogP contribution in [0, 0.1) is 0 Å². The first-order valence-electron chi connectivity index (χ1n) is 3.85. The summed E-state index contributed by atoms with van der Waals surface area (Å²) in [7, 11) is -7.00. The smallest absolute Gasteiger partial charge is 0.743 e. The van der Waals surface area contributed by atoms with Crippen LogP contribution in [0.15, 0.2) is 0 Å². The molecule has 0 aromatic heterocycles. The van der Waals surface area contributed by atoms with Crippen molar-refractivity contribution < 1.29 is 113 Å². The molecule has 0 saturated carbocycles. The van der Waals surface area contributed by atoms with Crippen LogP contribution in [0.25, 0.3) is 0 Å². The molecule has 0 amide bonds. The van der Waals surface area contributed by atoms with E-state index < -0.39 is 39.9 Å². The van der Waals surface area contributed by atoms with E-state index in [1.807, 2.05) is 4.74 Å². The van der Waals surface area contributed by atoms with Crippen LogP contribution in [-0.4, -0.2) is 42.8 Å². The largest absolute Gasteiger partial charge is 1.00 e. The van der Waals surface area contributed by atoms with Gasteiger partial charge in [0.1, 0.15) is 0 Å². The fourth-order valence-electron chi connectivity index (χ4n) is 0.551. The minimum atomic E-state index is -7.12. The molecule has 4 nitrogen and oxygen atoms in total. The summed E-state index contributed by atoms with van der Waals surface area (Å²) in [5, 5.41) is -6.31. The topological polar surface area (TPSA) is 66.4 Å². The Morgan fingerprint density at radius 3 is 1.48 bits per heavy atom. The molecule has 0 bridgehead atoms.